The zero-order chi connectivity index (χ0) is 17.8. The number of fused-ring (bicyclic) bond motifs is 1. The Bertz CT molecular complexity index is 791. The first-order valence-corrected chi connectivity index (χ1v) is 7.70. The first-order valence-electron chi connectivity index (χ1n) is 7.70. The minimum atomic E-state index is -0.984. The molecule has 0 saturated carbocycles. The number of rotatable bonds is 6. The normalized spacial score (nSPS) is 13.1. The van der Waals surface area contributed by atoms with Crippen LogP contribution in [0.5, 0.6) is 11.5 Å². The van der Waals surface area contributed by atoms with Gasteiger partial charge in [-0.2, -0.15) is 0 Å². The standard InChI is InChI=1S/C17H17N3O5/c18-14-7-6-13-16(19-14)20(15(21)10-25-13)8-1-9-24-12-4-2-11(3-5-12)17(22)23/h2-7H,1,8-10H2,(H2,18,19)(H,22,23). The first-order chi connectivity index (χ1) is 12.0. The Hall–Kier alpha value is -3.29. The van der Waals surface area contributed by atoms with Crippen LogP contribution in [0, 0.1) is 0 Å². The molecule has 0 radical (unpaired) electrons. The van der Waals surface area contributed by atoms with E-state index in [2.05, 4.69) is 4.98 Å². The fraction of sp³-hybridized carbons (Fsp3) is 0.235. The Morgan fingerprint density at radius 3 is 2.76 bits per heavy atom. The molecule has 8 heteroatoms. The lowest BCUT2D eigenvalue weighted by atomic mass is 10.2. The van der Waals surface area contributed by atoms with Gasteiger partial charge in [0.15, 0.2) is 18.2 Å². The van der Waals surface area contributed by atoms with Crippen LogP contribution in [0.2, 0.25) is 0 Å². The van der Waals surface area contributed by atoms with Crippen molar-refractivity contribution in [3.8, 4) is 11.5 Å². The third-order valence-corrected chi connectivity index (χ3v) is 3.66. The number of benzene rings is 1. The van der Waals surface area contributed by atoms with E-state index in [0.29, 0.717) is 42.7 Å². The summed E-state index contributed by atoms with van der Waals surface area (Å²) in [4.78, 5) is 28.6. The zero-order valence-electron chi connectivity index (χ0n) is 13.3. The summed E-state index contributed by atoms with van der Waals surface area (Å²) in [6.07, 6.45) is 0.572. The lowest BCUT2D eigenvalue weighted by Crippen LogP contribution is -2.40. The van der Waals surface area contributed by atoms with Crippen molar-refractivity contribution in [1.29, 1.82) is 0 Å². The Kier molecular flexibility index (Phi) is 4.69. The average Bonchev–Trinajstić information content (AvgIpc) is 2.60. The van der Waals surface area contributed by atoms with Crippen LogP contribution in [0.4, 0.5) is 11.6 Å². The number of carbonyl (C=O) groups excluding carboxylic acids is 1. The molecule has 3 rings (SSSR count). The predicted octanol–water partition coefficient (Wildman–Crippen LogP) is 1.56. The molecule has 1 aliphatic rings. The molecule has 1 aromatic heterocycles. The van der Waals surface area contributed by atoms with Gasteiger partial charge in [-0.25, -0.2) is 9.78 Å². The minimum Gasteiger partial charge on any atom is -0.494 e. The summed E-state index contributed by atoms with van der Waals surface area (Å²) in [5.74, 6) is 0.665. The number of nitrogens with zero attached hydrogens (tertiary/aromatic N) is 2. The zero-order valence-corrected chi connectivity index (χ0v) is 13.3. The van der Waals surface area contributed by atoms with Crippen LogP contribution >= 0.6 is 0 Å². The summed E-state index contributed by atoms with van der Waals surface area (Å²) in [5, 5.41) is 8.86. The molecule has 0 bridgehead atoms. The Balaban J connectivity index is 1.56. The smallest absolute Gasteiger partial charge is 0.335 e. The van der Waals surface area contributed by atoms with Crippen molar-refractivity contribution in [1.82, 2.24) is 4.98 Å². The van der Waals surface area contributed by atoms with E-state index >= 15 is 0 Å². The van der Waals surface area contributed by atoms with Crippen LogP contribution in [-0.4, -0.2) is 41.7 Å². The topological polar surface area (TPSA) is 115 Å². The van der Waals surface area contributed by atoms with E-state index in [4.69, 9.17) is 20.3 Å². The molecule has 3 N–H and O–H groups in total. The number of carbonyl (C=O) groups is 2. The summed E-state index contributed by atoms with van der Waals surface area (Å²) in [7, 11) is 0. The molecule has 1 aliphatic heterocycles. The highest BCUT2D eigenvalue weighted by Gasteiger charge is 2.26. The minimum absolute atomic E-state index is 0.0316. The maximum Gasteiger partial charge on any atom is 0.335 e. The van der Waals surface area contributed by atoms with Gasteiger partial charge >= 0.3 is 5.97 Å². The molecule has 1 aromatic carbocycles. The molecule has 0 fully saturated rings. The number of nitrogens with two attached hydrogens (primary N) is 1. The van der Waals surface area contributed by atoms with Gasteiger partial charge in [0.1, 0.15) is 11.6 Å². The summed E-state index contributed by atoms with van der Waals surface area (Å²) in [6, 6.07) is 9.47. The van der Waals surface area contributed by atoms with Crippen molar-refractivity contribution < 1.29 is 24.2 Å². The number of hydrogen-bond donors (Lipinski definition) is 2. The Morgan fingerprint density at radius 1 is 1.28 bits per heavy atom. The van der Waals surface area contributed by atoms with Crippen LogP contribution in [0.15, 0.2) is 36.4 Å². The number of carboxylic acids is 1. The summed E-state index contributed by atoms with van der Waals surface area (Å²) < 4.78 is 10.9. The van der Waals surface area contributed by atoms with Gasteiger partial charge in [0.25, 0.3) is 5.91 Å². The van der Waals surface area contributed by atoms with Crippen LogP contribution in [0.25, 0.3) is 0 Å². The van der Waals surface area contributed by atoms with E-state index in [-0.39, 0.29) is 18.1 Å². The molecule has 1 amide bonds. The fourth-order valence-corrected chi connectivity index (χ4v) is 2.43. The van der Waals surface area contributed by atoms with Crippen molar-refractivity contribution in [2.75, 3.05) is 30.4 Å². The second-order valence-electron chi connectivity index (χ2n) is 5.42. The molecule has 130 valence electrons. The average molecular weight is 343 g/mol. The molecule has 0 atom stereocenters. The maximum atomic E-state index is 12.1. The van der Waals surface area contributed by atoms with E-state index in [9.17, 15) is 9.59 Å². The Labute approximate surface area is 143 Å². The van der Waals surface area contributed by atoms with E-state index in [0.717, 1.165) is 0 Å². The number of aromatic nitrogens is 1. The van der Waals surface area contributed by atoms with Crippen LogP contribution in [-0.2, 0) is 4.79 Å². The summed E-state index contributed by atoms with van der Waals surface area (Å²) in [6.45, 7) is 0.754. The largest absolute Gasteiger partial charge is 0.494 e. The lowest BCUT2D eigenvalue weighted by Gasteiger charge is -2.28. The number of carboxylic acid groups (broad SMARTS) is 1. The lowest BCUT2D eigenvalue weighted by molar-refractivity contribution is -0.121. The molecular formula is C17H17N3O5. The third kappa shape index (κ3) is 3.79. The molecule has 0 unspecified atom stereocenters. The summed E-state index contributed by atoms with van der Waals surface area (Å²) >= 11 is 0. The number of hydrogen-bond acceptors (Lipinski definition) is 6. The Morgan fingerprint density at radius 2 is 2.04 bits per heavy atom. The third-order valence-electron chi connectivity index (χ3n) is 3.66. The SMILES string of the molecule is Nc1ccc2c(n1)N(CCCOc1ccc(C(=O)O)cc1)C(=O)CO2. The van der Waals surface area contributed by atoms with Gasteiger partial charge in [-0.3, -0.25) is 9.69 Å². The highest BCUT2D eigenvalue weighted by atomic mass is 16.5. The molecule has 25 heavy (non-hydrogen) atoms. The van der Waals surface area contributed by atoms with E-state index in [1.165, 1.54) is 17.0 Å². The van der Waals surface area contributed by atoms with Gasteiger partial charge in [-0.1, -0.05) is 0 Å². The molecule has 2 aromatic rings. The predicted molar refractivity (Wildman–Crippen MR) is 90.0 cm³/mol. The molecule has 0 saturated heterocycles. The number of amides is 1. The van der Waals surface area contributed by atoms with Crippen molar-refractivity contribution in [3.63, 3.8) is 0 Å². The van der Waals surface area contributed by atoms with Crippen molar-refractivity contribution in [2.45, 2.75) is 6.42 Å². The second kappa shape index (κ2) is 7.08. The van der Waals surface area contributed by atoms with Gasteiger partial charge in [0.2, 0.25) is 0 Å². The van der Waals surface area contributed by atoms with Gasteiger partial charge in [0.05, 0.1) is 12.2 Å². The molecular weight excluding hydrogens is 326 g/mol. The van der Waals surface area contributed by atoms with Gasteiger partial charge in [-0.15, -0.1) is 0 Å². The fourth-order valence-electron chi connectivity index (χ4n) is 2.43. The number of anilines is 2. The number of pyridine rings is 1. The van der Waals surface area contributed by atoms with Gasteiger partial charge in [-0.05, 0) is 42.8 Å². The first kappa shape index (κ1) is 16.6. The molecule has 2 heterocycles. The van der Waals surface area contributed by atoms with E-state index in [1.54, 1.807) is 24.3 Å². The highest BCUT2D eigenvalue weighted by Crippen LogP contribution is 2.30. The maximum absolute atomic E-state index is 12.1. The van der Waals surface area contributed by atoms with Crippen molar-refractivity contribution in [3.05, 3.63) is 42.0 Å². The number of aromatic carboxylic acids is 1. The van der Waals surface area contributed by atoms with Crippen LogP contribution in [0.3, 0.4) is 0 Å². The highest BCUT2D eigenvalue weighted by molar-refractivity contribution is 5.96. The number of ether oxygens (including phenoxy) is 2. The van der Waals surface area contributed by atoms with E-state index in [1.807, 2.05) is 0 Å². The quantitative estimate of drug-likeness (QED) is 0.765. The van der Waals surface area contributed by atoms with Crippen molar-refractivity contribution >= 4 is 23.5 Å². The summed E-state index contributed by atoms with van der Waals surface area (Å²) in [5.41, 5.74) is 5.88. The monoisotopic (exact) mass is 343 g/mol. The molecule has 8 nitrogen and oxygen atoms in total. The molecule has 0 aliphatic carbocycles. The van der Waals surface area contributed by atoms with Crippen molar-refractivity contribution in [2.24, 2.45) is 0 Å². The number of nitrogen functional groups attached to an aromatic ring is 1. The molecule has 0 spiro atoms. The van der Waals surface area contributed by atoms with Gasteiger partial charge in [0, 0.05) is 6.54 Å². The van der Waals surface area contributed by atoms with E-state index < -0.39 is 5.97 Å². The van der Waals surface area contributed by atoms with Gasteiger partial charge < -0.3 is 20.3 Å². The van der Waals surface area contributed by atoms with Crippen LogP contribution in [0.1, 0.15) is 16.8 Å². The van der Waals surface area contributed by atoms with Crippen LogP contribution < -0.4 is 20.1 Å². The second-order valence-corrected chi connectivity index (χ2v) is 5.42.